The number of anilines is 3. The summed E-state index contributed by atoms with van der Waals surface area (Å²) in [6.45, 7) is 5.00. The maximum Gasteiger partial charge on any atom is 0.227 e. The van der Waals surface area contributed by atoms with Crippen LogP contribution in [0, 0.1) is 12.8 Å². The standard InChI is InChI=1S/C21H27N5O2/c1-15-14-19(23-17-6-8-18(28-2)9-7-17)24-21(22-15)26-12-10-25(11-13-26)20(27)16-4-3-5-16/h6-9,14,16H,3-5,10-13H2,1-2H3,(H,22,23,24). The average molecular weight is 381 g/mol. The second-order valence-corrected chi connectivity index (χ2v) is 7.49. The van der Waals surface area contributed by atoms with E-state index in [1.807, 2.05) is 42.2 Å². The van der Waals surface area contributed by atoms with Crippen molar-refractivity contribution in [3.05, 3.63) is 36.0 Å². The Kier molecular flexibility index (Phi) is 5.32. The molecule has 2 aromatic rings. The van der Waals surface area contributed by atoms with E-state index in [2.05, 4.69) is 15.2 Å². The molecule has 1 saturated carbocycles. The lowest BCUT2D eigenvalue weighted by Gasteiger charge is -2.38. The van der Waals surface area contributed by atoms with Gasteiger partial charge in [0.2, 0.25) is 11.9 Å². The van der Waals surface area contributed by atoms with E-state index in [-0.39, 0.29) is 5.92 Å². The molecule has 1 saturated heterocycles. The van der Waals surface area contributed by atoms with Gasteiger partial charge in [0.15, 0.2) is 0 Å². The molecule has 28 heavy (non-hydrogen) atoms. The van der Waals surface area contributed by atoms with Crippen molar-refractivity contribution in [1.29, 1.82) is 0 Å². The van der Waals surface area contributed by atoms with Crippen LogP contribution in [0.4, 0.5) is 17.5 Å². The molecule has 1 aromatic carbocycles. The molecule has 148 valence electrons. The zero-order chi connectivity index (χ0) is 19.5. The van der Waals surface area contributed by atoms with Crippen LogP contribution in [0.3, 0.4) is 0 Å². The molecule has 1 amide bonds. The first-order chi connectivity index (χ1) is 13.6. The molecule has 2 aliphatic rings. The fraction of sp³-hybridized carbons (Fsp3) is 0.476. The van der Waals surface area contributed by atoms with E-state index in [1.165, 1.54) is 6.42 Å². The molecule has 1 N–H and O–H groups in total. The molecular formula is C21H27N5O2. The maximum atomic E-state index is 12.4. The summed E-state index contributed by atoms with van der Waals surface area (Å²) in [7, 11) is 1.65. The number of piperazine rings is 1. The summed E-state index contributed by atoms with van der Waals surface area (Å²) < 4.78 is 5.20. The van der Waals surface area contributed by atoms with Crippen molar-refractivity contribution in [2.24, 2.45) is 5.92 Å². The molecule has 0 spiro atoms. The molecule has 1 aliphatic heterocycles. The van der Waals surface area contributed by atoms with Gasteiger partial charge in [-0.05, 0) is 44.0 Å². The van der Waals surface area contributed by atoms with Gasteiger partial charge in [-0.25, -0.2) is 4.98 Å². The Hall–Kier alpha value is -2.83. The first-order valence-electron chi connectivity index (χ1n) is 9.93. The minimum atomic E-state index is 0.266. The number of hydrogen-bond donors (Lipinski definition) is 1. The second kappa shape index (κ2) is 8.04. The smallest absolute Gasteiger partial charge is 0.227 e. The Morgan fingerprint density at radius 2 is 1.82 bits per heavy atom. The van der Waals surface area contributed by atoms with Crippen LogP contribution < -0.4 is 15.0 Å². The highest BCUT2D eigenvalue weighted by Crippen LogP contribution is 2.29. The summed E-state index contributed by atoms with van der Waals surface area (Å²) >= 11 is 0. The molecule has 0 unspecified atom stereocenters. The van der Waals surface area contributed by atoms with Gasteiger partial charge in [-0.15, -0.1) is 0 Å². The Morgan fingerprint density at radius 1 is 1.11 bits per heavy atom. The minimum Gasteiger partial charge on any atom is -0.497 e. The van der Waals surface area contributed by atoms with Crippen molar-refractivity contribution < 1.29 is 9.53 Å². The highest BCUT2D eigenvalue weighted by molar-refractivity contribution is 5.79. The van der Waals surface area contributed by atoms with Crippen LogP contribution in [0.5, 0.6) is 5.75 Å². The summed E-state index contributed by atoms with van der Waals surface area (Å²) in [5.41, 5.74) is 1.86. The summed E-state index contributed by atoms with van der Waals surface area (Å²) in [5.74, 6) is 2.90. The second-order valence-electron chi connectivity index (χ2n) is 7.49. The Balaban J connectivity index is 1.41. The Bertz CT molecular complexity index is 827. The molecule has 2 heterocycles. The van der Waals surface area contributed by atoms with Crippen LogP contribution in [-0.4, -0.2) is 54.1 Å². The molecule has 1 aromatic heterocycles. The Morgan fingerprint density at radius 3 is 2.43 bits per heavy atom. The number of hydrogen-bond acceptors (Lipinski definition) is 6. The largest absolute Gasteiger partial charge is 0.497 e. The SMILES string of the molecule is COc1ccc(Nc2cc(C)nc(N3CCN(C(=O)C4CCC4)CC3)n2)cc1. The number of rotatable bonds is 5. The number of aryl methyl sites for hydroxylation is 1. The molecule has 4 rings (SSSR count). The topological polar surface area (TPSA) is 70.6 Å². The van der Waals surface area contributed by atoms with Crippen LogP contribution >= 0.6 is 0 Å². The molecule has 0 atom stereocenters. The molecule has 0 radical (unpaired) electrons. The van der Waals surface area contributed by atoms with Crippen LogP contribution in [0.2, 0.25) is 0 Å². The van der Waals surface area contributed by atoms with E-state index in [1.54, 1.807) is 7.11 Å². The third kappa shape index (κ3) is 4.03. The number of methoxy groups -OCH3 is 1. The summed E-state index contributed by atoms with van der Waals surface area (Å²) in [6, 6.07) is 9.68. The van der Waals surface area contributed by atoms with Gasteiger partial charge in [-0.2, -0.15) is 4.98 Å². The van der Waals surface area contributed by atoms with E-state index in [4.69, 9.17) is 9.72 Å². The van der Waals surface area contributed by atoms with Gasteiger partial charge in [0.05, 0.1) is 7.11 Å². The number of amides is 1. The van der Waals surface area contributed by atoms with Gasteiger partial charge in [0.25, 0.3) is 0 Å². The molecule has 7 nitrogen and oxygen atoms in total. The lowest BCUT2D eigenvalue weighted by atomic mass is 9.84. The summed E-state index contributed by atoms with van der Waals surface area (Å²) in [6.07, 6.45) is 3.30. The van der Waals surface area contributed by atoms with Crippen molar-refractivity contribution >= 4 is 23.4 Å². The average Bonchev–Trinajstić information content (AvgIpc) is 2.67. The number of carbonyl (C=O) groups is 1. The molecule has 0 bridgehead atoms. The quantitative estimate of drug-likeness (QED) is 0.859. The molecular weight excluding hydrogens is 354 g/mol. The zero-order valence-corrected chi connectivity index (χ0v) is 16.5. The molecule has 1 aliphatic carbocycles. The highest BCUT2D eigenvalue weighted by Gasteiger charge is 2.31. The molecule has 2 fully saturated rings. The lowest BCUT2D eigenvalue weighted by molar-refractivity contribution is -0.138. The van der Waals surface area contributed by atoms with Gasteiger partial charge >= 0.3 is 0 Å². The van der Waals surface area contributed by atoms with E-state index in [9.17, 15) is 4.79 Å². The number of nitrogens with one attached hydrogen (secondary N) is 1. The van der Waals surface area contributed by atoms with Gasteiger partial charge in [0, 0.05) is 49.5 Å². The predicted molar refractivity (Wildman–Crippen MR) is 109 cm³/mol. The Labute approximate surface area is 165 Å². The van der Waals surface area contributed by atoms with E-state index < -0.39 is 0 Å². The van der Waals surface area contributed by atoms with E-state index in [0.29, 0.717) is 11.9 Å². The third-order valence-electron chi connectivity index (χ3n) is 5.53. The van der Waals surface area contributed by atoms with Crippen LogP contribution in [0.15, 0.2) is 30.3 Å². The number of nitrogens with zero attached hydrogens (tertiary/aromatic N) is 4. The maximum absolute atomic E-state index is 12.4. The van der Waals surface area contributed by atoms with Crippen molar-refractivity contribution in [3.8, 4) is 5.75 Å². The van der Waals surface area contributed by atoms with E-state index in [0.717, 1.165) is 62.0 Å². The molecule has 7 heteroatoms. The van der Waals surface area contributed by atoms with E-state index >= 15 is 0 Å². The third-order valence-corrected chi connectivity index (χ3v) is 5.53. The van der Waals surface area contributed by atoms with Crippen LogP contribution in [0.25, 0.3) is 0 Å². The van der Waals surface area contributed by atoms with Gasteiger partial charge < -0.3 is 19.9 Å². The van der Waals surface area contributed by atoms with Gasteiger partial charge in [0.1, 0.15) is 11.6 Å². The van der Waals surface area contributed by atoms with Crippen molar-refractivity contribution in [1.82, 2.24) is 14.9 Å². The fourth-order valence-corrected chi connectivity index (χ4v) is 3.62. The summed E-state index contributed by atoms with van der Waals surface area (Å²) in [5, 5.41) is 3.33. The number of benzene rings is 1. The minimum absolute atomic E-state index is 0.266. The van der Waals surface area contributed by atoms with Crippen molar-refractivity contribution in [2.75, 3.05) is 43.5 Å². The van der Waals surface area contributed by atoms with Crippen LogP contribution in [0.1, 0.15) is 25.0 Å². The first kappa shape index (κ1) is 18.5. The summed E-state index contributed by atoms with van der Waals surface area (Å²) in [4.78, 5) is 25.9. The normalized spacial score (nSPS) is 17.2. The predicted octanol–water partition coefficient (Wildman–Crippen LogP) is 2.99. The van der Waals surface area contributed by atoms with Crippen molar-refractivity contribution in [3.63, 3.8) is 0 Å². The van der Waals surface area contributed by atoms with Gasteiger partial charge in [-0.1, -0.05) is 6.42 Å². The highest BCUT2D eigenvalue weighted by atomic mass is 16.5. The van der Waals surface area contributed by atoms with Gasteiger partial charge in [-0.3, -0.25) is 4.79 Å². The number of aromatic nitrogens is 2. The lowest BCUT2D eigenvalue weighted by Crippen LogP contribution is -2.51. The fourth-order valence-electron chi connectivity index (χ4n) is 3.62. The first-order valence-corrected chi connectivity index (χ1v) is 9.93. The monoisotopic (exact) mass is 381 g/mol. The van der Waals surface area contributed by atoms with Crippen LogP contribution in [-0.2, 0) is 4.79 Å². The van der Waals surface area contributed by atoms with Crippen molar-refractivity contribution in [2.45, 2.75) is 26.2 Å². The number of ether oxygens (including phenoxy) is 1. The zero-order valence-electron chi connectivity index (χ0n) is 16.5. The number of carbonyl (C=O) groups excluding carboxylic acids is 1.